The maximum Gasteiger partial charge on any atom is 0.251 e. The molecule has 1 rings (SSSR count). The van der Waals surface area contributed by atoms with Gasteiger partial charge in [0.15, 0.2) is 11.5 Å². The number of benzene rings is 1. The number of nitrogens with one attached hydrogen (secondary N) is 1. The van der Waals surface area contributed by atoms with Crippen molar-refractivity contribution in [2.24, 2.45) is 5.92 Å². The number of hydrogen-bond acceptors (Lipinski definition) is 3. The van der Waals surface area contributed by atoms with Crippen LogP contribution in [0.1, 0.15) is 31.1 Å². The molecule has 16 heavy (non-hydrogen) atoms. The molecule has 0 radical (unpaired) electrons. The summed E-state index contributed by atoms with van der Waals surface area (Å²) in [5, 5.41) is 21.2. The zero-order valence-corrected chi connectivity index (χ0v) is 9.69. The number of phenols is 2. The quantitative estimate of drug-likeness (QED) is 0.685. The number of amides is 1. The van der Waals surface area contributed by atoms with Gasteiger partial charge in [0.05, 0.1) is 0 Å². The molecule has 88 valence electrons. The predicted molar refractivity (Wildman–Crippen MR) is 61.5 cm³/mol. The van der Waals surface area contributed by atoms with Gasteiger partial charge in [-0.15, -0.1) is 0 Å². The molecule has 1 atom stereocenters. The van der Waals surface area contributed by atoms with Gasteiger partial charge in [0.25, 0.3) is 5.91 Å². The highest BCUT2D eigenvalue weighted by atomic mass is 16.3. The second-order valence-corrected chi connectivity index (χ2v) is 4.21. The smallest absolute Gasteiger partial charge is 0.251 e. The maximum absolute atomic E-state index is 11.7. The van der Waals surface area contributed by atoms with Gasteiger partial charge in [0, 0.05) is 11.6 Å². The van der Waals surface area contributed by atoms with Crippen LogP contribution in [-0.2, 0) is 0 Å². The average Bonchev–Trinajstić information content (AvgIpc) is 2.21. The average molecular weight is 223 g/mol. The Labute approximate surface area is 94.9 Å². The molecule has 0 aliphatic rings. The molecule has 0 saturated heterocycles. The fourth-order valence-electron chi connectivity index (χ4n) is 1.12. The fourth-order valence-corrected chi connectivity index (χ4v) is 1.12. The Hall–Kier alpha value is -1.71. The molecule has 0 aliphatic carbocycles. The summed E-state index contributed by atoms with van der Waals surface area (Å²) in [5.74, 6) is -0.426. The summed E-state index contributed by atoms with van der Waals surface area (Å²) in [5.41, 5.74) is 0.336. The van der Waals surface area contributed by atoms with Crippen molar-refractivity contribution < 1.29 is 15.0 Å². The van der Waals surface area contributed by atoms with Crippen LogP contribution in [0, 0.1) is 5.92 Å². The van der Waals surface area contributed by atoms with Crippen molar-refractivity contribution in [1.82, 2.24) is 5.32 Å². The summed E-state index contributed by atoms with van der Waals surface area (Å²) in [6.07, 6.45) is 0. The van der Waals surface area contributed by atoms with Crippen molar-refractivity contribution in [3.63, 3.8) is 0 Å². The minimum absolute atomic E-state index is 0.0587. The molecule has 1 unspecified atom stereocenters. The van der Waals surface area contributed by atoms with Crippen molar-refractivity contribution in [2.45, 2.75) is 26.8 Å². The molecule has 3 N–H and O–H groups in total. The summed E-state index contributed by atoms with van der Waals surface area (Å²) >= 11 is 0. The van der Waals surface area contributed by atoms with Gasteiger partial charge >= 0.3 is 0 Å². The normalized spacial score (nSPS) is 12.5. The maximum atomic E-state index is 11.7. The van der Waals surface area contributed by atoms with Gasteiger partial charge in [-0.1, -0.05) is 13.8 Å². The Morgan fingerprint density at radius 2 is 1.81 bits per heavy atom. The molecule has 0 spiro atoms. The highest BCUT2D eigenvalue weighted by Gasteiger charge is 2.13. The Morgan fingerprint density at radius 3 is 2.31 bits per heavy atom. The molecule has 0 aliphatic heterocycles. The Balaban J connectivity index is 2.77. The summed E-state index contributed by atoms with van der Waals surface area (Å²) < 4.78 is 0. The second-order valence-electron chi connectivity index (χ2n) is 4.21. The van der Waals surface area contributed by atoms with E-state index in [1.165, 1.54) is 18.2 Å². The van der Waals surface area contributed by atoms with Crippen molar-refractivity contribution in [1.29, 1.82) is 0 Å². The van der Waals surface area contributed by atoms with Crippen LogP contribution in [0.3, 0.4) is 0 Å². The Bertz CT molecular complexity index is 388. The summed E-state index contributed by atoms with van der Waals surface area (Å²) in [6.45, 7) is 5.95. The third kappa shape index (κ3) is 2.89. The number of hydrogen-bond donors (Lipinski definition) is 3. The third-order valence-electron chi connectivity index (χ3n) is 2.60. The number of rotatable bonds is 3. The van der Waals surface area contributed by atoms with Gasteiger partial charge in [0.1, 0.15) is 0 Å². The van der Waals surface area contributed by atoms with Gasteiger partial charge in [-0.05, 0) is 31.0 Å². The lowest BCUT2D eigenvalue weighted by atomic mass is 10.1. The zero-order valence-electron chi connectivity index (χ0n) is 9.69. The van der Waals surface area contributed by atoms with Gasteiger partial charge < -0.3 is 15.5 Å². The molecule has 1 aromatic rings. The number of aromatic hydroxyl groups is 2. The van der Waals surface area contributed by atoms with E-state index in [0.29, 0.717) is 11.5 Å². The lowest BCUT2D eigenvalue weighted by Gasteiger charge is -2.17. The molecular weight excluding hydrogens is 206 g/mol. The first kappa shape index (κ1) is 12.4. The summed E-state index contributed by atoms with van der Waals surface area (Å²) in [7, 11) is 0. The largest absolute Gasteiger partial charge is 0.504 e. The van der Waals surface area contributed by atoms with E-state index in [-0.39, 0.29) is 23.4 Å². The first-order valence-electron chi connectivity index (χ1n) is 5.24. The summed E-state index contributed by atoms with van der Waals surface area (Å²) in [4.78, 5) is 11.7. The molecule has 0 fully saturated rings. The third-order valence-corrected chi connectivity index (χ3v) is 2.60. The number of carbonyl (C=O) groups is 1. The van der Waals surface area contributed by atoms with E-state index >= 15 is 0 Å². The standard InChI is InChI=1S/C12H17NO3/c1-7(2)8(3)13-12(16)9-4-5-10(14)11(15)6-9/h4-8,14-15H,1-3H3,(H,13,16). The van der Waals surface area contributed by atoms with Crippen LogP contribution in [0.4, 0.5) is 0 Å². The zero-order chi connectivity index (χ0) is 12.3. The number of phenolic OH excluding ortho intramolecular Hbond substituents is 2. The molecule has 0 saturated carbocycles. The fraction of sp³-hybridized carbons (Fsp3) is 0.417. The monoisotopic (exact) mass is 223 g/mol. The number of carbonyl (C=O) groups excluding carboxylic acids is 1. The van der Waals surface area contributed by atoms with Gasteiger partial charge in [-0.25, -0.2) is 0 Å². The molecule has 4 heteroatoms. The van der Waals surface area contributed by atoms with E-state index < -0.39 is 0 Å². The van der Waals surface area contributed by atoms with Gasteiger partial charge in [-0.2, -0.15) is 0 Å². The molecular formula is C12H17NO3. The van der Waals surface area contributed by atoms with Crippen LogP contribution >= 0.6 is 0 Å². The molecule has 1 amide bonds. The Kier molecular flexibility index (Phi) is 3.77. The van der Waals surface area contributed by atoms with E-state index in [2.05, 4.69) is 5.32 Å². The minimum Gasteiger partial charge on any atom is -0.504 e. The molecule has 0 bridgehead atoms. The lowest BCUT2D eigenvalue weighted by molar-refractivity contribution is 0.0930. The molecule has 0 aromatic heterocycles. The van der Waals surface area contributed by atoms with Crippen LogP contribution in [0.25, 0.3) is 0 Å². The van der Waals surface area contributed by atoms with Gasteiger partial charge in [-0.3, -0.25) is 4.79 Å². The minimum atomic E-state index is -0.287. The van der Waals surface area contributed by atoms with Crippen molar-refractivity contribution in [3.05, 3.63) is 23.8 Å². The van der Waals surface area contributed by atoms with Crippen LogP contribution in [0.5, 0.6) is 11.5 Å². The highest BCUT2D eigenvalue weighted by molar-refractivity contribution is 5.95. The van der Waals surface area contributed by atoms with Gasteiger partial charge in [0.2, 0.25) is 0 Å². The van der Waals surface area contributed by atoms with E-state index in [9.17, 15) is 9.90 Å². The topological polar surface area (TPSA) is 69.6 Å². The van der Waals surface area contributed by atoms with E-state index in [4.69, 9.17) is 5.11 Å². The van der Waals surface area contributed by atoms with Crippen LogP contribution < -0.4 is 5.32 Å². The van der Waals surface area contributed by atoms with Crippen LogP contribution in [-0.4, -0.2) is 22.2 Å². The van der Waals surface area contributed by atoms with E-state index in [1.54, 1.807) is 0 Å². The second kappa shape index (κ2) is 4.88. The first-order valence-corrected chi connectivity index (χ1v) is 5.24. The summed E-state index contributed by atoms with van der Waals surface area (Å²) in [6, 6.07) is 4.07. The van der Waals surface area contributed by atoms with Crippen molar-refractivity contribution in [3.8, 4) is 11.5 Å². The molecule has 1 aromatic carbocycles. The van der Waals surface area contributed by atoms with Crippen LogP contribution in [0.2, 0.25) is 0 Å². The van der Waals surface area contributed by atoms with Crippen molar-refractivity contribution in [2.75, 3.05) is 0 Å². The predicted octanol–water partition coefficient (Wildman–Crippen LogP) is 1.87. The molecule has 0 heterocycles. The Morgan fingerprint density at radius 1 is 1.19 bits per heavy atom. The molecule has 4 nitrogen and oxygen atoms in total. The lowest BCUT2D eigenvalue weighted by Crippen LogP contribution is -2.36. The van der Waals surface area contributed by atoms with E-state index in [0.717, 1.165) is 0 Å². The van der Waals surface area contributed by atoms with E-state index in [1.807, 2.05) is 20.8 Å². The highest BCUT2D eigenvalue weighted by Crippen LogP contribution is 2.24. The SMILES string of the molecule is CC(C)C(C)NC(=O)c1ccc(O)c(O)c1. The first-order chi connectivity index (χ1) is 7.41. The van der Waals surface area contributed by atoms with Crippen molar-refractivity contribution >= 4 is 5.91 Å². The van der Waals surface area contributed by atoms with Crippen LogP contribution in [0.15, 0.2) is 18.2 Å².